The molecule has 160 valence electrons. The molecule has 0 spiro atoms. The fraction of sp³-hybridized carbons (Fsp3) is 0.500. The summed E-state index contributed by atoms with van der Waals surface area (Å²) in [4.78, 5) is 28.7. The lowest BCUT2D eigenvalue weighted by Gasteiger charge is -2.31. The van der Waals surface area contributed by atoms with E-state index in [1.54, 1.807) is 0 Å². The molecule has 2 fully saturated rings. The SMILES string of the molecule is CN(C)c1ncc(-c2ccc(Cl)cc2)c([C@@H]2CCCN2C(=O)CN2CCOCC2)n1. The predicted molar refractivity (Wildman–Crippen MR) is 118 cm³/mol. The standard InChI is InChI=1S/C22H28ClN5O2/c1-26(2)22-24-14-18(16-5-7-17(23)8-6-16)21(25-22)19-4-3-9-28(19)20(29)15-27-10-12-30-13-11-27/h5-8,14,19H,3-4,9-13,15H2,1-2H3/t19-/m0/s1. The van der Waals surface area contributed by atoms with E-state index in [0.29, 0.717) is 30.7 Å². The van der Waals surface area contributed by atoms with E-state index < -0.39 is 0 Å². The quantitative estimate of drug-likeness (QED) is 0.728. The first-order valence-electron chi connectivity index (χ1n) is 10.4. The lowest BCUT2D eigenvalue weighted by molar-refractivity contribution is -0.134. The van der Waals surface area contributed by atoms with Gasteiger partial charge in [0.2, 0.25) is 11.9 Å². The number of carbonyl (C=O) groups is 1. The van der Waals surface area contributed by atoms with Crippen molar-refractivity contribution in [3.05, 3.63) is 41.2 Å². The van der Waals surface area contributed by atoms with Crippen LogP contribution in [0.1, 0.15) is 24.6 Å². The van der Waals surface area contributed by atoms with Crippen LogP contribution >= 0.6 is 11.6 Å². The smallest absolute Gasteiger partial charge is 0.237 e. The van der Waals surface area contributed by atoms with Crippen molar-refractivity contribution in [1.82, 2.24) is 19.8 Å². The summed E-state index contributed by atoms with van der Waals surface area (Å²) in [5, 5.41) is 0.689. The third-order valence-electron chi connectivity index (χ3n) is 5.71. The molecule has 0 N–H and O–H groups in total. The number of hydrogen-bond acceptors (Lipinski definition) is 6. The molecule has 0 radical (unpaired) electrons. The van der Waals surface area contributed by atoms with Crippen molar-refractivity contribution in [3.63, 3.8) is 0 Å². The lowest BCUT2D eigenvalue weighted by atomic mass is 10.00. The average molecular weight is 430 g/mol. The number of nitrogens with zero attached hydrogens (tertiary/aromatic N) is 5. The Morgan fingerprint density at radius 1 is 1.20 bits per heavy atom. The zero-order valence-corrected chi connectivity index (χ0v) is 18.3. The van der Waals surface area contributed by atoms with Crippen LogP contribution < -0.4 is 4.90 Å². The first kappa shape index (κ1) is 21.0. The summed E-state index contributed by atoms with van der Waals surface area (Å²) in [6.07, 6.45) is 3.74. The fourth-order valence-corrected chi connectivity index (χ4v) is 4.22. The van der Waals surface area contributed by atoms with Gasteiger partial charge in [0.25, 0.3) is 0 Å². The van der Waals surface area contributed by atoms with Crippen LogP contribution in [0, 0.1) is 0 Å². The number of amides is 1. The maximum absolute atomic E-state index is 13.2. The van der Waals surface area contributed by atoms with Gasteiger partial charge in [-0.25, -0.2) is 9.97 Å². The van der Waals surface area contributed by atoms with Crippen LogP contribution in [0.15, 0.2) is 30.5 Å². The summed E-state index contributed by atoms with van der Waals surface area (Å²) < 4.78 is 5.41. The summed E-state index contributed by atoms with van der Waals surface area (Å²) in [5.41, 5.74) is 2.87. The summed E-state index contributed by atoms with van der Waals surface area (Å²) in [6.45, 7) is 4.18. The van der Waals surface area contributed by atoms with Crippen LogP contribution in [0.4, 0.5) is 5.95 Å². The Bertz CT molecular complexity index is 884. The molecule has 0 aliphatic carbocycles. The van der Waals surface area contributed by atoms with Gasteiger partial charge in [0, 0.05) is 50.5 Å². The van der Waals surface area contributed by atoms with Crippen molar-refractivity contribution in [2.45, 2.75) is 18.9 Å². The summed E-state index contributed by atoms with van der Waals surface area (Å²) in [6, 6.07) is 7.65. The minimum atomic E-state index is -0.0501. The normalized spacial score (nSPS) is 19.8. The second kappa shape index (κ2) is 9.29. The fourth-order valence-electron chi connectivity index (χ4n) is 4.10. The molecule has 3 heterocycles. The van der Waals surface area contributed by atoms with E-state index in [4.69, 9.17) is 21.3 Å². The Labute approximate surface area is 182 Å². The number of ether oxygens (including phenoxy) is 1. The molecule has 30 heavy (non-hydrogen) atoms. The molecule has 4 rings (SSSR count). The van der Waals surface area contributed by atoms with Crippen molar-refractivity contribution in [3.8, 4) is 11.1 Å². The van der Waals surface area contributed by atoms with E-state index in [1.807, 2.05) is 54.4 Å². The Morgan fingerprint density at radius 2 is 1.93 bits per heavy atom. The van der Waals surface area contributed by atoms with E-state index in [2.05, 4.69) is 9.88 Å². The van der Waals surface area contributed by atoms with E-state index in [9.17, 15) is 4.79 Å². The summed E-state index contributed by atoms with van der Waals surface area (Å²) in [5.74, 6) is 0.807. The number of hydrogen-bond donors (Lipinski definition) is 0. The van der Waals surface area contributed by atoms with Gasteiger partial charge in [0.05, 0.1) is 31.5 Å². The first-order valence-corrected chi connectivity index (χ1v) is 10.8. The minimum Gasteiger partial charge on any atom is -0.379 e. The van der Waals surface area contributed by atoms with Gasteiger partial charge in [-0.05, 0) is 30.5 Å². The largest absolute Gasteiger partial charge is 0.379 e. The van der Waals surface area contributed by atoms with Gasteiger partial charge in [-0.1, -0.05) is 23.7 Å². The van der Waals surface area contributed by atoms with Crippen molar-refractivity contribution in [2.24, 2.45) is 0 Å². The van der Waals surface area contributed by atoms with Crippen LogP contribution in [0.25, 0.3) is 11.1 Å². The number of rotatable bonds is 5. The zero-order chi connectivity index (χ0) is 21.1. The molecule has 2 saturated heterocycles. The number of morpholine rings is 1. The molecule has 2 aromatic rings. The molecule has 8 heteroatoms. The van der Waals surface area contributed by atoms with E-state index in [-0.39, 0.29) is 11.9 Å². The molecule has 0 unspecified atom stereocenters. The van der Waals surface area contributed by atoms with Gasteiger partial charge < -0.3 is 14.5 Å². The highest BCUT2D eigenvalue weighted by molar-refractivity contribution is 6.30. The molecular weight excluding hydrogens is 402 g/mol. The third-order valence-corrected chi connectivity index (χ3v) is 5.96. The highest BCUT2D eigenvalue weighted by Crippen LogP contribution is 2.37. The number of anilines is 1. The lowest BCUT2D eigenvalue weighted by Crippen LogP contribution is -2.44. The molecule has 0 bridgehead atoms. The zero-order valence-electron chi connectivity index (χ0n) is 17.6. The highest BCUT2D eigenvalue weighted by Gasteiger charge is 2.34. The molecule has 1 atom stereocenters. The number of likely N-dealkylation sites (tertiary alicyclic amines) is 1. The maximum Gasteiger partial charge on any atom is 0.237 e. The Kier molecular flexibility index (Phi) is 6.51. The molecule has 7 nitrogen and oxygen atoms in total. The molecule has 1 aromatic carbocycles. The number of benzene rings is 1. The maximum atomic E-state index is 13.2. The van der Waals surface area contributed by atoms with Gasteiger partial charge in [-0.2, -0.15) is 0 Å². The van der Waals surface area contributed by atoms with Gasteiger partial charge in [-0.3, -0.25) is 9.69 Å². The molecule has 0 saturated carbocycles. The van der Waals surface area contributed by atoms with Crippen molar-refractivity contribution in [1.29, 1.82) is 0 Å². The second-order valence-electron chi connectivity index (χ2n) is 8.00. The van der Waals surface area contributed by atoms with Gasteiger partial charge in [-0.15, -0.1) is 0 Å². The molecule has 2 aliphatic heterocycles. The topological polar surface area (TPSA) is 61.8 Å². The molecule has 1 aromatic heterocycles. The summed E-state index contributed by atoms with van der Waals surface area (Å²) >= 11 is 6.09. The first-order chi connectivity index (χ1) is 14.5. The van der Waals surface area contributed by atoms with Gasteiger partial charge in [0.15, 0.2) is 0 Å². The number of carbonyl (C=O) groups excluding carboxylic acids is 1. The monoisotopic (exact) mass is 429 g/mol. The Morgan fingerprint density at radius 3 is 2.63 bits per heavy atom. The Balaban J connectivity index is 1.65. The summed E-state index contributed by atoms with van der Waals surface area (Å²) in [7, 11) is 3.86. The average Bonchev–Trinajstić information content (AvgIpc) is 3.24. The van der Waals surface area contributed by atoms with Crippen molar-refractivity contribution >= 4 is 23.5 Å². The van der Waals surface area contributed by atoms with Gasteiger partial charge >= 0.3 is 0 Å². The minimum absolute atomic E-state index is 0.0501. The number of aromatic nitrogens is 2. The highest BCUT2D eigenvalue weighted by atomic mass is 35.5. The number of halogens is 1. The molecule has 1 amide bonds. The Hall–Kier alpha value is -2.22. The van der Waals surface area contributed by atoms with Crippen molar-refractivity contribution < 1.29 is 9.53 Å². The predicted octanol–water partition coefficient (Wildman–Crippen LogP) is 2.86. The third kappa shape index (κ3) is 4.58. The van der Waals surface area contributed by atoms with Crippen LogP contribution in [0.5, 0.6) is 0 Å². The van der Waals surface area contributed by atoms with Crippen LogP contribution in [0.2, 0.25) is 5.02 Å². The van der Waals surface area contributed by atoms with Crippen LogP contribution in [0.3, 0.4) is 0 Å². The van der Waals surface area contributed by atoms with E-state index in [1.165, 1.54) is 0 Å². The second-order valence-corrected chi connectivity index (χ2v) is 8.44. The van der Waals surface area contributed by atoms with Gasteiger partial charge in [0.1, 0.15) is 0 Å². The van der Waals surface area contributed by atoms with E-state index >= 15 is 0 Å². The van der Waals surface area contributed by atoms with Crippen LogP contribution in [-0.4, -0.2) is 79.2 Å². The van der Waals surface area contributed by atoms with Crippen molar-refractivity contribution in [2.75, 3.05) is 58.4 Å². The van der Waals surface area contributed by atoms with E-state index in [0.717, 1.165) is 49.3 Å². The van der Waals surface area contributed by atoms with Crippen LogP contribution in [-0.2, 0) is 9.53 Å². The molecule has 2 aliphatic rings. The molecular formula is C22H28ClN5O2.